The number of rotatable bonds is 7. The average molecular weight is 296 g/mol. The predicted octanol–water partition coefficient (Wildman–Crippen LogP) is 1.77. The zero-order valence-electron chi connectivity index (χ0n) is 13.0. The molecule has 2 heterocycles. The Morgan fingerprint density at radius 1 is 1.50 bits per heavy atom. The maximum absolute atomic E-state index is 4.27. The molecular formula is C15H28N4S. The lowest BCUT2D eigenvalue weighted by Gasteiger charge is -2.38. The SMILES string of the molecule is CCCNC(CCc1ccnn1C)C1CSCCN1C. The van der Waals surface area contributed by atoms with Crippen LogP contribution in [0.25, 0.3) is 0 Å². The van der Waals surface area contributed by atoms with E-state index < -0.39 is 0 Å². The number of likely N-dealkylation sites (N-methyl/N-ethyl adjacent to an activating group) is 1. The highest BCUT2D eigenvalue weighted by Gasteiger charge is 2.27. The van der Waals surface area contributed by atoms with Gasteiger partial charge in [0.2, 0.25) is 0 Å². The molecule has 114 valence electrons. The fourth-order valence-corrected chi connectivity index (χ4v) is 4.15. The Labute approximate surface area is 127 Å². The molecule has 2 unspecified atom stereocenters. The first-order valence-electron chi connectivity index (χ1n) is 7.70. The highest BCUT2D eigenvalue weighted by Crippen LogP contribution is 2.20. The average Bonchev–Trinajstić information content (AvgIpc) is 2.86. The van der Waals surface area contributed by atoms with Crippen molar-refractivity contribution in [3.63, 3.8) is 0 Å². The van der Waals surface area contributed by atoms with Gasteiger partial charge in [0.05, 0.1) is 0 Å². The van der Waals surface area contributed by atoms with Crippen LogP contribution < -0.4 is 5.32 Å². The first kappa shape index (κ1) is 15.9. The molecule has 1 aromatic rings. The predicted molar refractivity (Wildman–Crippen MR) is 87.4 cm³/mol. The van der Waals surface area contributed by atoms with Crippen molar-refractivity contribution in [1.82, 2.24) is 20.0 Å². The Morgan fingerprint density at radius 2 is 2.35 bits per heavy atom. The molecule has 5 heteroatoms. The molecule has 0 radical (unpaired) electrons. The molecule has 1 aromatic heterocycles. The summed E-state index contributed by atoms with van der Waals surface area (Å²) in [5, 5.41) is 8.03. The van der Waals surface area contributed by atoms with Crippen molar-refractivity contribution in [2.75, 3.05) is 31.6 Å². The third-order valence-corrected chi connectivity index (χ3v) is 5.25. The van der Waals surface area contributed by atoms with Crippen molar-refractivity contribution < 1.29 is 0 Å². The normalized spacial score (nSPS) is 22.1. The van der Waals surface area contributed by atoms with Crippen LogP contribution in [0.3, 0.4) is 0 Å². The first-order valence-corrected chi connectivity index (χ1v) is 8.86. The fraction of sp³-hybridized carbons (Fsp3) is 0.800. The molecule has 20 heavy (non-hydrogen) atoms. The van der Waals surface area contributed by atoms with E-state index >= 15 is 0 Å². The molecule has 1 N–H and O–H groups in total. The van der Waals surface area contributed by atoms with E-state index in [4.69, 9.17) is 0 Å². The fourth-order valence-electron chi connectivity index (χ4n) is 2.84. The second kappa shape index (κ2) is 8.05. The number of nitrogens with zero attached hydrogens (tertiary/aromatic N) is 3. The van der Waals surface area contributed by atoms with Crippen molar-refractivity contribution in [2.45, 2.75) is 38.3 Å². The van der Waals surface area contributed by atoms with Crippen LogP contribution in [0.4, 0.5) is 0 Å². The van der Waals surface area contributed by atoms with Gasteiger partial charge in [-0.15, -0.1) is 0 Å². The van der Waals surface area contributed by atoms with Gasteiger partial charge in [-0.2, -0.15) is 16.9 Å². The van der Waals surface area contributed by atoms with Gasteiger partial charge in [0.1, 0.15) is 0 Å². The number of aromatic nitrogens is 2. The third-order valence-electron chi connectivity index (χ3n) is 4.20. The summed E-state index contributed by atoms with van der Waals surface area (Å²) in [6.07, 6.45) is 5.39. The van der Waals surface area contributed by atoms with Crippen LogP contribution in [0.15, 0.2) is 12.3 Å². The minimum atomic E-state index is 0.586. The van der Waals surface area contributed by atoms with Crippen LogP contribution in [0.2, 0.25) is 0 Å². The van der Waals surface area contributed by atoms with E-state index in [-0.39, 0.29) is 0 Å². The van der Waals surface area contributed by atoms with E-state index in [0.717, 1.165) is 13.0 Å². The van der Waals surface area contributed by atoms with Gasteiger partial charge in [0.15, 0.2) is 0 Å². The molecule has 0 bridgehead atoms. The summed E-state index contributed by atoms with van der Waals surface area (Å²) in [4.78, 5) is 2.53. The Kier molecular flexibility index (Phi) is 6.39. The van der Waals surface area contributed by atoms with Crippen LogP contribution in [-0.2, 0) is 13.5 Å². The van der Waals surface area contributed by atoms with Gasteiger partial charge in [-0.05, 0) is 38.9 Å². The highest BCUT2D eigenvalue weighted by molar-refractivity contribution is 7.99. The van der Waals surface area contributed by atoms with Crippen molar-refractivity contribution in [1.29, 1.82) is 0 Å². The number of aryl methyl sites for hydroxylation is 2. The van der Waals surface area contributed by atoms with Crippen molar-refractivity contribution in [3.05, 3.63) is 18.0 Å². The quantitative estimate of drug-likeness (QED) is 0.831. The summed E-state index contributed by atoms with van der Waals surface area (Å²) in [6, 6.07) is 3.38. The van der Waals surface area contributed by atoms with Crippen LogP contribution in [-0.4, -0.2) is 58.4 Å². The smallest absolute Gasteiger partial charge is 0.0492 e. The lowest BCUT2D eigenvalue weighted by Crippen LogP contribution is -2.53. The summed E-state index contributed by atoms with van der Waals surface area (Å²) in [7, 11) is 4.31. The van der Waals surface area contributed by atoms with Crippen molar-refractivity contribution in [2.24, 2.45) is 7.05 Å². The van der Waals surface area contributed by atoms with Gasteiger partial charge < -0.3 is 10.2 Å². The summed E-state index contributed by atoms with van der Waals surface area (Å²) in [6.45, 7) is 4.57. The van der Waals surface area contributed by atoms with Crippen LogP contribution in [0, 0.1) is 0 Å². The highest BCUT2D eigenvalue weighted by atomic mass is 32.2. The van der Waals surface area contributed by atoms with Gasteiger partial charge in [0, 0.05) is 49.1 Å². The Hall–Kier alpha value is -0.520. The molecule has 0 amide bonds. The van der Waals surface area contributed by atoms with Crippen molar-refractivity contribution in [3.8, 4) is 0 Å². The Balaban J connectivity index is 1.93. The molecular weight excluding hydrogens is 268 g/mol. The second-order valence-electron chi connectivity index (χ2n) is 5.67. The Morgan fingerprint density at radius 3 is 3.00 bits per heavy atom. The van der Waals surface area contributed by atoms with Gasteiger partial charge in [0.25, 0.3) is 0 Å². The van der Waals surface area contributed by atoms with E-state index in [0.29, 0.717) is 12.1 Å². The molecule has 1 aliphatic heterocycles. The minimum Gasteiger partial charge on any atom is -0.312 e. The molecule has 1 aliphatic rings. The monoisotopic (exact) mass is 296 g/mol. The van der Waals surface area contributed by atoms with Crippen LogP contribution in [0.5, 0.6) is 0 Å². The van der Waals surface area contributed by atoms with Gasteiger partial charge >= 0.3 is 0 Å². The standard InChI is InChI=1S/C15H28N4S/c1-4-8-16-14(15-12-20-11-10-18(15)2)6-5-13-7-9-17-19(13)3/h7,9,14-16H,4-6,8,10-12H2,1-3H3. The molecule has 4 nitrogen and oxygen atoms in total. The van der Waals surface area contributed by atoms with Gasteiger partial charge in [-0.1, -0.05) is 6.92 Å². The maximum Gasteiger partial charge on any atom is 0.0492 e. The number of thioether (sulfide) groups is 1. The Bertz CT molecular complexity index is 393. The molecule has 0 spiro atoms. The maximum atomic E-state index is 4.27. The van der Waals surface area contributed by atoms with Crippen molar-refractivity contribution >= 4 is 11.8 Å². The van der Waals surface area contributed by atoms with E-state index in [1.165, 1.54) is 36.6 Å². The van der Waals surface area contributed by atoms with Gasteiger partial charge in [-0.25, -0.2) is 0 Å². The summed E-state index contributed by atoms with van der Waals surface area (Å²) < 4.78 is 2.00. The molecule has 0 aromatic carbocycles. The zero-order chi connectivity index (χ0) is 14.4. The topological polar surface area (TPSA) is 33.1 Å². The minimum absolute atomic E-state index is 0.586. The number of hydrogen-bond donors (Lipinski definition) is 1. The van der Waals surface area contributed by atoms with E-state index in [2.05, 4.69) is 47.1 Å². The third kappa shape index (κ3) is 4.24. The lowest BCUT2D eigenvalue weighted by atomic mass is 10.0. The number of nitrogens with one attached hydrogen (secondary N) is 1. The molecule has 0 saturated carbocycles. The second-order valence-corrected chi connectivity index (χ2v) is 6.82. The molecule has 2 rings (SSSR count). The molecule has 1 fully saturated rings. The summed E-state index contributed by atoms with van der Waals surface area (Å²) in [5.74, 6) is 2.53. The molecule has 1 saturated heterocycles. The van der Waals surface area contributed by atoms with E-state index in [1.807, 2.05) is 17.9 Å². The first-order chi connectivity index (χ1) is 9.72. The number of hydrogen-bond acceptors (Lipinski definition) is 4. The summed E-state index contributed by atoms with van der Waals surface area (Å²) >= 11 is 2.10. The van der Waals surface area contributed by atoms with E-state index in [9.17, 15) is 0 Å². The van der Waals surface area contributed by atoms with Crippen LogP contribution in [0.1, 0.15) is 25.5 Å². The lowest BCUT2D eigenvalue weighted by molar-refractivity contribution is 0.207. The summed E-state index contributed by atoms with van der Waals surface area (Å²) in [5.41, 5.74) is 1.33. The molecule has 0 aliphatic carbocycles. The largest absolute Gasteiger partial charge is 0.312 e. The van der Waals surface area contributed by atoms with Crippen LogP contribution >= 0.6 is 11.8 Å². The van der Waals surface area contributed by atoms with Gasteiger partial charge in [-0.3, -0.25) is 4.68 Å². The van der Waals surface area contributed by atoms with E-state index in [1.54, 1.807) is 0 Å². The molecule has 2 atom stereocenters. The zero-order valence-corrected chi connectivity index (χ0v) is 13.8.